The lowest BCUT2D eigenvalue weighted by atomic mass is 9.52. The van der Waals surface area contributed by atoms with Crippen LogP contribution in [-0.2, 0) is 0 Å². The molecule has 2 nitrogen and oxygen atoms in total. The zero-order valence-corrected chi connectivity index (χ0v) is 16.7. The zero-order valence-electron chi connectivity index (χ0n) is 15.9. The van der Waals surface area contributed by atoms with Gasteiger partial charge in [-0.3, -0.25) is 0 Å². The molecule has 5 rings (SSSR count). The summed E-state index contributed by atoms with van der Waals surface area (Å²) in [5.74, 6) is 3.47. The van der Waals surface area contributed by atoms with Crippen molar-refractivity contribution in [2.24, 2.45) is 17.8 Å². The molecule has 4 saturated carbocycles. The van der Waals surface area contributed by atoms with Crippen LogP contribution in [0.15, 0.2) is 24.3 Å². The summed E-state index contributed by atoms with van der Waals surface area (Å²) in [5.41, 5.74) is 2.86. The third-order valence-electron chi connectivity index (χ3n) is 7.37. The lowest BCUT2D eigenvalue weighted by Crippen LogP contribution is -2.60. The molecule has 0 saturated heterocycles. The van der Waals surface area contributed by atoms with Crippen molar-refractivity contribution in [3.8, 4) is 0 Å². The molecule has 4 aliphatic carbocycles. The molecule has 4 bridgehead atoms. The molecule has 4 fully saturated rings. The molecule has 0 amide bonds. The van der Waals surface area contributed by atoms with E-state index in [1.807, 2.05) is 0 Å². The quantitative estimate of drug-likeness (QED) is 0.687. The Hall–Kier alpha value is -1.09. The van der Waals surface area contributed by atoms with E-state index < -0.39 is 0 Å². The summed E-state index contributed by atoms with van der Waals surface area (Å²) in [6.45, 7) is 4.53. The zero-order chi connectivity index (χ0) is 17.6. The van der Waals surface area contributed by atoms with Crippen LogP contribution in [-0.4, -0.2) is 22.6 Å². The van der Waals surface area contributed by atoms with E-state index in [4.69, 9.17) is 12.2 Å². The average Bonchev–Trinajstić information content (AvgIpc) is 2.60. The van der Waals surface area contributed by atoms with E-state index in [-0.39, 0.29) is 0 Å². The van der Waals surface area contributed by atoms with Crippen molar-refractivity contribution >= 4 is 23.0 Å². The molecule has 0 aliphatic heterocycles. The smallest absolute Gasteiger partial charge is 0.173 e. The van der Waals surface area contributed by atoms with Crippen LogP contribution in [0.1, 0.15) is 70.3 Å². The van der Waals surface area contributed by atoms with Crippen molar-refractivity contribution in [2.75, 3.05) is 12.4 Å². The third kappa shape index (κ3) is 3.20. The number of nitrogens with one attached hydrogen (secondary N) is 1. The molecule has 1 aromatic carbocycles. The van der Waals surface area contributed by atoms with Gasteiger partial charge in [0.15, 0.2) is 5.11 Å². The fourth-order valence-electron chi connectivity index (χ4n) is 6.03. The normalized spacial score (nSPS) is 34.0. The first kappa shape index (κ1) is 17.3. The Morgan fingerprint density at radius 2 is 1.64 bits per heavy atom. The van der Waals surface area contributed by atoms with Gasteiger partial charge >= 0.3 is 0 Å². The molecule has 0 heterocycles. The van der Waals surface area contributed by atoms with Crippen LogP contribution in [0.3, 0.4) is 0 Å². The summed E-state index contributed by atoms with van der Waals surface area (Å²) < 4.78 is 0. The molecular weight excluding hydrogens is 324 g/mol. The van der Waals surface area contributed by atoms with Crippen LogP contribution >= 0.6 is 12.2 Å². The Labute approximate surface area is 158 Å². The first-order chi connectivity index (χ1) is 12.0. The molecule has 3 heteroatoms. The summed E-state index contributed by atoms with van der Waals surface area (Å²) in [7, 11) is 2.23. The first-order valence-corrected chi connectivity index (χ1v) is 10.5. The van der Waals surface area contributed by atoms with Crippen molar-refractivity contribution < 1.29 is 0 Å². The minimum atomic E-state index is 0.329. The standard InChI is InChI=1S/C22H32N2S/c1-4-15(2)19-5-7-20(8-6-19)23-21(25)24(3)22-12-16-9-17(13-22)11-18(10-16)14-22/h5-8,15-18H,4,9-14H2,1-3H3,(H,23,25). The molecule has 1 N–H and O–H groups in total. The highest BCUT2D eigenvalue weighted by Gasteiger charge is 2.53. The molecule has 0 spiro atoms. The Bertz CT molecular complexity index is 601. The predicted octanol–water partition coefficient (Wildman–Crippen LogP) is 5.80. The van der Waals surface area contributed by atoms with Crippen molar-refractivity contribution in [1.29, 1.82) is 0 Å². The summed E-state index contributed by atoms with van der Waals surface area (Å²) in [6.07, 6.45) is 9.66. The van der Waals surface area contributed by atoms with Gasteiger partial charge in [0.2, 0.25) is 0 Å². The fraction of sp³-hybridized carbons (Fsp3) is 0.682. The fourth-order valence-corrected chi connectivity index (χ4v) is 6.34. The van der Waals surface area contributed by atoms with Crippen molar-refractivity contribution in [3.05, 3.63) is 29.8 Å². The molecular formula is C22H32N2S. The number of benzene rings is 1. The van der Waals surface area contributed by atoms with Crippen molar-refractivity contribution in [1.82, 2.24) is 4.90 Å². The van der Waals surface area contributed by atoms with Crippen LogP contribution in [0, 0.1) is 17.8 Å². The second-order valence-corrected chi connectivity index (χ2v) is 9.45. The van der Waals surface area contributed by atoms with E-state index >= 15 is 0 Å². The van der Waals surface area contributed by atoms with Gasteiger partial charge in [-0.05, 0) is 98.5 Å². The Morgan fingerprint density at radius 3 is 2.12 bits per heavy atom. The van der Waals surface area contributed by atoms with Gasteiger partial charge in [0, 0.05) is 18.3 Å². The van der Waals surface area contributed by atoms with E-state index in [2.05, 4.69) is 55.4 Å². The van der Waals surface area contributed by atoms with E-state index in [0.717, 1.165) is 28.6 Å². The highest BCUT2D eigenvalue weighted by Crippen LogP contribution is 2.57. The second-order valence-electron chi connectivity index (χ2n) is 9.06. The summed E-state index contributed by atoms with van der Waals surface area (Å²) >= 11 is 5.82. The third-order valence-corrected chi connectivity index (χ3v) is 7.74. The van der Waals surface area contributed by atoms with E-state index in [9.17, 15) is 0 Å². The molecule has 1 atom stereocenters. The number of nitrogens with zero attached hydrogens (tertiary/aromatic N) is 1. The number of rotatable bonds is 4. The average molecular weight is 357 g/mol. The minimum absolute atomic E-state index is 0.329. The molecule has 0 aromatic heterocycles. The summed E-state index contributed by atoms with van der Waals surface area (Å²) in [4.78, 5) is 2.43. The van der Waals surface area contributed by atoms with Crippen molar-refractivity contribution in [2.45, 2.75) is 70.3 Å². The van der Waals surface area contributed by atoms with Gasteiger partial charge in [-0.1, -0.05) is 26.0 Å². The summed E-state index contributed by atoms with van der Waals surface area (Å²) in [6, 6.07) is 8.84. The topological polar surface area (TPSA) is 15.3 Å². The van der Waals surface area contributed by atoms with Crippen LogP contribution in [0.5, 0.6) is 0 Å². The highest BCUT2D eigenvalue weighted by atomic mass is 32.1. The van der Waals surface area contributed by atoms with Gasteiger partial charge in [0.25, 0.3) is 0 Å². The van der Waals surface area contributed by atoms with Gasteiger partial charge in [-0.15, -0.1) is 0 Å². The number of anilines is 1. The SMILES string of the molecule is CCC(C)c1ccc(NC(=S)N(C)C23CC4CC(CC(C4)C2)C3)cc1. The molecule has 136 valence electrons. The number of thiocarbonyl (C=S) groups is 1. The minimum Gasteiger partial charge on any atom is -0.346 e. The Kier molecular flexibility index (Phi) is 4.56. The van der Waals surface area contributed by atoms with Gasteiger partial charge in [0.1, 0.15) is 0 Å². The van der Waals surface area contributed by atoms with Gasteiger partial charge in [-0.2, -0.15) is 0 Å². The Morgan fingerprint density at radius 1 is 1.12 bits per heavy atom. The van der Waals surface area contributed by atoms with Crippen LogP contribution < -0.4 is 5.32 Å². The maximum Gasteiger partial charge on any atom is 0.173 e. The molecule has 1 aromatic rings. The number of hydrogen-bond acceptors (Lipinski definition) is 1. The van der Waals surface area contributed by atoms with Crippen molar-refractivity contribution in [3.63, 3.8) is 0 Å². The second kappa shape index (κ2) is 6.57. The van der Waals surface area contributed by atoms with Crippen LogP contribution in [0.4, 0.5) is 5.69 Å². The van der Waals surface area contributed by atoms with Crippen LogP contribution in [0.2, 0.25) is 0 Å². The van der Waals surface area contributed by atoms with E-state index in [1.54, 1.807) is 0 Å². The number of hydrogen-bond donors (Lipinski definition) is 1. The molecule has 0 radical (unpaired) electrons. The predicted molar refractivity (Wildman–Crippen MR) is 110 cm³/mol. The van der Waals surface area contributed by atoms with Gasteiger partial charge in [-0.25, -0.2) is 0 Å². The van der Waals surface area contributed by atoms with Crippen LogP contribution in [0.25, 0.3) is 0 Å². The Balaban J connectivity index is 1.44. The first-order valence-electron chi connectivity index (χ1n) is 10.1. The largest absolute Gasteiger partial charge is 0.346 e. The van der Waals surface area contributed by atoms with Gasteiger partial charge in [0.05, 0.1) is 0 Å². The molecule has 4 aliphatic rings. The summed E-state index contributed by atoms with van der Waals surface area (Å²) in [5, 5.41) is 4.41. The molecule has 1 unspecified atom stereocenters. The monoisotopic (exact) mass is 356 g/mol. The molecule has 25 heavy (non-hydrogen) atoms. The highest BCUT2D eigenvalue weighted by molar-refractivity contribution is 7.80. The maximum absolute atomic E-state index is 5.82. The lowest BCUT2D eigenvalue weighted by molar-refractivity contribution is -0.0538. The maximum atomic E-state index is 5.82. The van der Waals surface area contributed by atoms with E-state index in [0.29, 0.717) is 11.5 Å². The van der Waals surface area contributed by atoms with E-state index in [1.165, 1.54) is 50.5 Å². The van der Waals surface area contributed by atoms with Gasteiger partial charge < -0.3 is 10.2 Å². The lowest BCUT2D eigenvalue weighted by Gasteiger charge is -2.60.